The number of aryl methyl sites for hydroxylation is 1. The van der Waals surface area contributed by atoms with Crippen LogP contribution in [0.15, 0.2) is 23.1 Å². The van der Waals surface area contributed by atoms with Crippen molar-refractivity contribution >= 4 is 34.0 Å². The highest BCUT2D eigenvalue weighted by Crippen LogP contribution is 2.22. The van der Waals surface area contributed by atoms with E-state index in [0.717, 1.165) is 13.0 Å². The van der Waals surface area contributed by atoms with Crippen LogP contribution in [0.5, 0.6) is 0 Å². The SMILES string of the molecule is Cc1ccc(NC(=O)C2CCNC2)cc1S(=O)(=O)NC(C)(C)C.Cl. The molecule has 1 aliphatic rings. The number of hydrogen-bond acceptors (Lipinski definition) is 4. The normalized spacial score (nSPS) is 18.1. The number of rotatable bonds is 4. The summed E-state index contributed by atoms with van der Waals surface area (Å²) in [5.41, 5.74) is 0.573. The minimum absolute atomic E-state index is 0. The third-order valence-corrected chi connectivity index (χ3v) is 5.52. The highest BCUT2D eigenvalue weighted by atomic mass is 35.5. The summed E-state index contributed by atoms with van der Waals surface area (Å²) in [7, 11) is -3.64. The molecule has 1 aromatic rings. The molecule has 136 valence electrons. The Bertz CT molecular complexity index is 693. The lowest BCUT2D eigenvalue weighted by Gasteiger charge is -2.21. The van der Waals surface area contributed by atoms with Gasteiger partial charge in [0.2, 0.25) is 15.9 Å². The summed E-state index contributed by atoms with van der Waals surface area (Å²) in [5.74, 6) is -0.143. The first-order valence-corrected chi connectivity index (χ1v) is 9.23. The third-order valence-electron chi connectivity index (χ3n) is 3.62. The van der Waals surface area contributed by atoms with E-state index in [0.29, 0.717) is 17.8 Å². The van der Waals surface area contributed by atoms with Gasteiger partial charge in [-0.1, -0.05) is 6.07 Å². The van der Waals surface area contributed by atoms with Crippen molar-refractivity contribution in [1.82, 2.24) is 10.0 Å². The fraction of sp³-hybridized carbons (Fsp3) is 0.562. The quantitative estimate of drug-likeness (QED) is 0.751. The standard InChI is InChI=1S/C16H25N3O3S.ClH/c1-11-5-6-13(18-15(20)12-7-8-17-10-12)9-14(11)23(21,22)19-16(2,3)4;/h5-6,9,12,17,19H,7-8,10H2,1-4H3,(H,18,20);1H. The van der Waals surface area contributed by atoms with E-state index < -0.39 is 15.6 Å². The number of hydrogen-bond donors (Lipinski definition) is 3. The molecule has 0 spiro atoms. The first kappa shape index (κ1) is 20.9. The van der Waals surface area contributed by atoms with Crippen LogP contribution >= 0.6 is 12.4 Å². The van der Waals surface area contributed by atoms with Gasteiger partial charge in [0.1, 0.15) is 0 Å². The molecule has 0 aliphatic carbocycles. The molecule has 1 saturated heterocycles. The molecule has 0 aromatic heterocycles. The van der Waals surface area contributed by atoms with Crippen molar-refractivity contribution in [2.45, 2.75) is 44.6 Å². The number of carbonyl (C=O) groups excluding carboxylic acids is 1. The van der Waals surface area contributed by atoms with Crippen LogP contribution in [-0.2, 0) is 14.8 Å². The maximum atomic E-state index is 12.5. The molecule has 1 fully saturated rings. The summed E-state index contributed by atoms with van der Waals surface area (Å²) in [4.78, 5) is 12.4. The number of anilines is 1. The monoisotopic (exact) mass is 375 g/mol. The van der Waals surface area contributed by atoms with Gasteiger partial charge in [0, 0.05) is 17.8 Å². The second-order valence-corrected chi connectivity index (χ2v) is 8.67. The molecule has 1 aromatic carbocycles. The zero-order chi connectivity index (χ0) is 17.3. The number of carbonyl (C=O) groups is 1. The van der Waals surface area contributed by atoms with Crippen LogP contribution in [0, 0.1) is 12.8 Å². The lowest BCUT2D eigenvalue weighted by molar-refractivity contribution is -0.119. The minimum atomic E-state index is -3.64. The molecule has 1 aliphatic heterocycles. The van der Waals surface area contributed by atoms with E-state index in [1.54, 1.807) is 39.8 Å². The van der Waals surface area contributed by atoms with Gasteiger partial charge in [0.05, 0.1) is 10.8 Å². The van der Waals surface area contributed by atoms with Gasteiger partial charge >= 0.3 is 0 Å². The Kier molecular flexibility index (Phi) is 6.81. The Balaban J connectivity index is 0.00000288. The maximum absolute atomic E-state index is 12.5. The van der Waals surface area contributed by atoms with Crippen molar-refractivity contribution in [3.05, 3.63) is 23.8 Å². The molecule has 24 heavy (non-hydrogen) atoms. The molecule has 6 nitrogen and oxygen atoms in total. The van der Waals surface area contributed by atoms with Crippen LogP contribution in [0.4, 0.5) is 5.69 Å². The summed E-state index contributed by atoms with van der Waals surface area (Å²) < 4.78 is 27.7. The van der Waals surface area contributed by atoms with Crippen molar-refractivity contribution in [2.24, 2.45) is 5.92 Å². The zero-order valence-corrected chi connectivity index (χ0v) is 16.1. The van der Waals surface area contributed by atoms with Gasteiger partial charge in [-0.05, 0) is 58.4 Å². The summed E-state index contributed by atoms with van der Waals surface area (Å²) in [5, 5.41) is 5.96. The molecular weight excluding hydrogens is 350 g/mol. The van der Waals surface area contributed by atoms with Crippen molar-refractivity contribution in [1.29, 1.82) is 0 Å². The summed E-state index contributed by atoms with van der Waals surface area (Å²) in [6, 6.07) is 4.95. The van der Waals surface area contributed by atoms with Crippen molar-refractivity contribution in [3.63, 3.8) is 0 Å². The second-order valence-electron chi connectivity index (χ2n) is 7.01. The van der Waals surface area contributed by atoms with Crippen molar-refractivity contribution in [3.8, 4) is 0 Å². The summed E-state index contributed by atoms with van der Waals surface area (Å²) >= 11 is 0. The average Bonchev–Trinajstić information content (AvgIpc) is 2.92. The highest BCUT2D eigenvalue weighted by Gasteiger charge is 2.25. The fourth-order valence-electron chi connectivity index (χ4n) is 2.55. The Morgan fingerprint density at radius 2 is 1.96 bits per heavy atom. The van der Waals surface area contributed by atoms with E-state index in [9.17, 15) is 13.2 Å². The molecule has 1 unspecified atom stereocenters. The lowest BCUT2D eigenvalue weighted by Crippen LogP contribution is -2.40. The predicted octanol–water partition coefficient (Wildman–Crippen LogP) is 2.04. The topological polar surface area (TPSA) is 87.3 Å². The molecular formula is C16H26ClN3O3S. The molecule has 1 heterocycles. The van der Waals surface area contributed by atoms with Crippen LogP contribution < -0.4 is 15.4 Å². The number of amides is 1. The van der Waals surface area contributed by atoms with E-state index in [2.05, 4.69) is 15.4 Å². The molecule has 3 N–H and O–H groups in total. The molecule has 8 heteroatoms. The van der Waals surface area contributed by atoms with Gasteiger partial charge in [-0.3, -0.25) is 4.79 Å². The largest absolute Gasteiger partial charge is 0.326 e. The van der Waals surface area contributed by atoms with Gasteiger partial charge in [-0.15, -0.1) is 12.4 Å². The van der Waals surface area contributed by atoms with Crippen LogP contribution in [-0.4, -0.2) is 33.0 Å². The average molecular weight is 376 g/mol. The zero-order valence-electron chi connectivity index (χ0n) is 14.5. The molecule has 2 rings (SSSR count). The second kappa shape index (κ2) is 7.82. The Hall–Kier alpha value is -1.15. The summed E-state index contributed by atoms with van der Waals surface area (Å²) in [6.45, 7) is 8.61. The van der Waals surface area contributed by atoms with E-state index in [4.69, 9.17) is 0 Å². The van der Waals surface area contributed by atoms with E-state index >= 15 is 0 Å². The fourth-order valence-corrected chi connectivity index (χ4v) is 4.24. The van der Waals surface area contributed by atoms with E-state index in [-0.39, 0.29) is 29.1 Å². The molecule has 0 radical (unpaired) electrons. The van der Waals surface area contributed by atoms with Crippen LogP contribution in [0.3, 0.4) is 0 Å². The number of sulfonamides is 1. The number of benzene rings is 1. The van der Waals surface area contributed by atoms with Gasteiger partial charge in [-0.25, -0.2) is 13.1 Å². The Labute approximate surface area is 150 Å². The summed E-state index contributed by atoms with van der Waals surface area (Å²) in [6.07, 6.45) is 0.800. The van der Waals surface area contributed by atoms with Crippen LogP contribution in [0.2, 0.25) is 0 Å². The van der Waals surface area contributed by atoms with Crippen LogP contribution in [0.1, 0.15) is 32.8 Å². The van der Waals surface area contributed by atoms with E-state index in [1.165, 1.54) is 6.07 Å². The predicted molar refractivity (Wildman–Crippen MR) is 98.1 cm³/mol. The van der Waals surface area contributed by atoms with Crippen molar-refractivity contribution < 1.29 is 13.2 Å². The van der Waals surface area contributed by atoms with Crippen LogP contribution in [0.25, 0.3) is 0 Å². The first-order chi connectivity index (χ1) is 10.6. The third kappa shape index (κ3) is 5.44. The van der Waals surface area contributed by atoms with Gasteiger partial charge in [0.25, 0.3) is 0 Å². The van der Waals surface area contributed by atoms with Gasteiger partial charge < -0.3 is 10.6 Å². The van der Waals surface area contributed by atoms with Gasteiger partial charge in [-0.2, -0.15) is 0 Å². The molecule has 1 amide bonds. The maximum Gasteiger partial charge on any atom is 0.241 e. The molecule has 1 atom stereocenters. The highest BCUT2D eigenvalue weighted by molar-refractivity contribution is 7.89. The first-order valence-electron chi connectivity index (χ1n) is 7.75. The minimum Gasteiger partial charge on any atom is -0.326 e. The Morgan fingerprint density at radius 1 is 1.29 bits per heavy atom. The number of halogens is 1. The smallest absolute Gasteiger partial charge is 0.241 e. The van der Waals surface area contributed by atoms with Gasteiger partial charge in [0.15, 0.2) is 0 Å². The van der Waals surface area contributed by atoms with Crippen molar-refractivity contribution in [2.75, 3.05) is 18.4 Å². The number of nitrogens with one attached hydrogen (secondary N) is 3. The molecule has 0 saturated carbocycles. The lowest BCUT2D eigenvalue weighted by atomic mass is 10.1. The molecule has 0 bridgehead atoms. The Morgan fingerprint density at radius 3 is 2.50 bits per heavy atom. The van der Waals surface area contributed by atoms with E-state index in [1.807, 2.05) is 0 Å².